The van der Waals surface area contributed by atoms with Crippen molar-refractivity contribution in [2.75, 3.05) is 44.2 Å². The first-order chi connectivity index (χ1) is 26.6. The summed E-state index contributed by atoms with van der Waals surface area (Å²) >= 11 is 0. The molecule has 1 saturated carbocycles. The molecule has 0 amide bonds. The number of rotatable bonds is 11. The number of anilines is 1. The molecule has 15 heteroatoms. The molecule has 1 aliphatic carbocycles. The maximum absolute atomic E-state index is 15.4. The smallest absolute Gasteiger partial charge is 0.261 e. The van der Waals surface area contributed by atoms with Gasteiger partial charge in [0.2, 0.25) is 0 Å². The molecule has 0 unspecified atom stereocenters. The molecule has 2 saturated heterocycles. The molecule has 4 heterocycles. The number of hydroxylamine groups is 1. The first-order valence-corrected chi connectivity index (χ1v) is 19.2. The van der Waals surface area contributed by atoms with Crippen molar-refractivity contribution in [3.8, 4) is 17.6 Å². The van der Waals surface area contributed by atoms with Gasteiger partial charge in [-0.1, -0.05) is 19.9 Å². The molecule has 293 valence electrons. The number of nitrogens with one attached hydrogen (secondary N) is 1. The van der Waals surface area contributed by atoms with Crippen molar-refractivity contribution in [3.05, 3.63) is 87.2 Å². The number of hydrogen-bond donors (Lipinski definition) is 2. The number of aromatic nitrogens is 4. The fourth-order valence-electron chi connectivity index (χ4n) is 8.46. The summed E-state index contributed by atoms with van der Waals surface area (Å²) in [6.07, 6.45) is 6.43. The van der Waals surface area contributed by atoms with Crippen LogP contribution < -0.4 is 20.7 Å². The zero-order valence-electron chi connectivity index (χ0n) is 32.4. The molecule has 0 atom stereocenters. The van der Waals surface area contributed by atoms with Crippen LogP contribution in [0.1, 0.15) is 57.1 Å². The van der Waals surface area contributed by atoms with E-state index in [-0.39, 0.29) is 66.6 Å². The van der Waals surface area contributed by atoms with Gasteiger partial charge in [-0.15, -0.1) is 0 Å². The molecule has 3 aliphatic rings. The maximum atomic E-state index is 15.4. The molecule has 3 aromatic carbocycles. The van der Waals surface area contributed by atoms with E-state index in [0.29, 0.717) is 71.4 Å². The molecule has 0 bridgehead atoms. The van der Waals surface area contributed by atoms with Gasteiger partial charge in [-0.3, -0.25) is 9.36 Å². The van der Waals surface area contributed by atoms with Gasteiger partial charge in [0.15, 0.2) is 11.6 Å². The maximum Gasteiger partial charge on any atom is 0.261 e. The number of ether oxygens (including phenoxy) is 1. The van der Waals surface area contributed by atoms with Crippen LogP contribution in [0.25, 0.3) is 27.1 Å². The van der Waals surface area contributed by atoms with Crippen LogP contribution in [0.5, 0.6) is 11.5 Å². The van der Waals surface area contributed by atoms with Crippen LogP contribution in [0.4, 0.5) is 20.3 Å². The number of likely N-dealkylation sites (tertiary alicyclic amines) is 1. The van der Waals surface area contributed by atoms with E-state index >= 15 is 4.39 Å². The second-order valence-electron chi connectivity index (χ2n) is 15.0. The Hall–Kier alpha value is -4.00. The number of nitrogens with zero attached hydrogens (tertiary/aromatic N) is 8. The first-order valence-electron chi connectivity index (χ1n) is 19.2. The van der Waals surface area contributed by atoms with Gasteiger partial charge in [-0.2, -0.15) is 5.26 Å². The largest absolute Gasteiger partial charge is 0.464 e. The Morgan fingerprint density at radius 2 is 1.82 bits per heavy atom. The van der Waals surface area contributed by atoms with E-state index < -0.39 is 5.82 Å². The molecule has 8 rings (SSSR count). The predicted molar refractivity (Wildman–Crippen MR) is 208 cm³/mol. The van der Waals surface area contributed by atoms with Crippen LogP contribution >= 0.6 is 0 Å². The van der Waals surface area contributed by atoms with Gasteiger partial charge in [0.25, 0.3) is 5.56 Å². The average Bonchev–Trinajstić information content (AvgIpc) is 3.46. The van der Waals surface area contributed by atoms with Gasteiger partial charge in [0.1, 0.15) is 23.2 Å². The molecular formula is C41H48F2N9O3Y-. The summed E-state index contributed by atoms with van der Waals surface area (Å²) in [4.78, 5) is 22.8. The topological polar surface area (TPSA) is 139 Å². The summed E-state index contributed by atoms with van der Waals surface area (Å²) in [5.74, 6) is 0.0698. The summed E-state index contributed by atoms with van der Waals surface area (Å²) in [7, 11) is 1.85. The van der Waals surface area contributed by atoms with Crippen molar-refractivity contribution in [2.24, 2.45) is 18.4 Å². The van der Waals surface area contributed by atoms with Crippen LogP contribution in [0, 0.1) is 41.2 Å². The Morgan fingerprint density at radius 1 is 1.07 bits per heavy atom. The number of benzene rings is 3. The summed E-state index contributed by atoms with van der Waals surface area (Å²) in [6, 6.07) is 13.6. The minimum absolute atomic E-state index is 0. The Bertz CT molecular complexity index is 2290. The average molecular weight is 842 g/mol. The number of nitriles is 1. The predicted octanol–water partition coefficient (Wildman–Crippen LogP) is 7.31. The summed E-state index contributed by atoms with van der Waals surface area (Å²) in [5, 5.41) is 28.4. The Kier molecular flexibility index (Phi) is 13.1. The zero-order valence-corrected chi connectivity index (χ0v) is 35.3. The summed E-state index contributed by atoms with van der Waals surface area (Å²) in [6.45, 7) is 10.8. The molecule has 56 heavy (non-hydrogen) atoms. The van der Waals surface area contributed by atoms with Crippen LogP contribution in [-0.4, -0.2) is 74.7 Å². The number of halogens is 2. The molecule has 3 fully saturated rings. The molecule has 12 nitrogen and oxygen atoms in total. The molecular weight excluding hydrogens is 793 g/mol. The van der Waals surface area contributed by atoms with Crippen LogP contribution in [0.3, 0.4) is 0 Å². The van der Waals surface area contributed by atoms with E-state index in [2.05, 4.69) is 30.7 Å². The molecule has 1 radical (unpaired) electrons. The third-order valence-electron chi connectivity index (χ3n) is 11.4. The van der Waals surface area contributed by atoms with Gasteiger partial charge >= 0.3 is 0 Å². The monoisotopic (exact) mass is 841 g/mol. The van der Waals surface area contributed by atoms with Gasteiger partial charge < -0.3 is 34.8 Å². The Labute approximate surface area is 350 Å². The van der Waals surface area contributed by atoms with Gasteiger partial charge in [0, 0.05) is 88.3 Å². The quantitative estimate of drug-likeness (QED) is 0.104. The van der Waals surface area contributed by atoms with E-state index in [1.165, 1.54) is 12.1 Å². The minimum Gasteiger partial charge on any atom is -0.464 e. The van der Waals surface area contributed by atoms with E-state index in [0.717, 1.165) is 57.4 Å². The number of hydrogen-bond acceptors (Lipinski definition) is 9. The van der Waals surface area contributed by atoms with Crippen molar-refractivity contribution in [3.63, 3.8) is 0 Å². The second kappa shape index (κ2) is 17.6. The van der Waals surface area contributed by atoms with Crippen LogP contribution in [0.15, 0.2) is 53.6 Å². The number of aryl methyl sites for hydroxylation is 2. The number of fused-ring (bicyclic) bond motifs is 2. The van der Waals surface area contributed by atoms with Crippen LogP contribution in [0.2, 0.25) is 0 Å². The van der Waals surface area contributed by atoms with E-state index in [1.807, 2.05) is 33.0 Å². The zero-order chi connectivity index (χ0) is 38.9. The fourth-order valence-corrected chi connectivity index (χ4v) is 8.46. The second-order valence-corrected chi connectivity index (χ2v) is 15.0. The van der Waals surface area contributed by atoms with Crippen molar-refractivity contribution in [1.82, 2.24) is 29.7 Å². The van der Waals surface area contributed by atoms with Gasteiger partial charge in [-0.05, 0) is 112 Å². The SMILES string of the molecule is CC.Cc1ccc(F)c(Oc2ccc3ncn(CC4CCN(C5CC6(C5)CN(c5cc7c(cc5F)c([N-]CCCNO)nn7C)C6)CC4)c(=O)c3c2)c1C#N.[Y]. The fraction of sp³-hybridized carbons (Fsp3) is 0.463. The van der Waals surface area contributed by atoms with E-state index in [9.17, 15) is 14.4 Å². The minimum atomic E-state index is -0.643. The Morgan fingerprint density at radius 3 is 2.54 bits per heavy atom. The Balaban J connectivity index is 0.00000174. The molecule has 2 N–H and O–H groups in total. The van der Waals surface area contributed by atoms with Crippen LogP contribution in [-0.2, 0) is 46.3 Å². The third kappa shape index (κ3) is 8.20. The molecule has 1 spiro atoms. The summed E-state index contributed by atoms with van der Waals surface area (Å²) < 4.78 is 39.2. The standard InChI is InChI=1S/C39H42F2N9O3.C2H6.Y/c1-24-4-6-31(40)36(30(24)19-42)53-27-5-7-33-28(14-27)38(51)49(23-44-33)20-25-8-12-48(13-9-25)26-17-39(18-26)21-50(22-39)35-16-34-29(15-32(35)41)37(46-47(34)2)43-10-3-11-45-52;1-2;/h4-7,14-16,23,25-26,45,52H,3,8-13,17-18,20-22H2,1-2H3;1-2H3;/q-1;;. The van der Waals surface area contributed by atoms with E-state index in [1.54, 1.807) is 46.8 Å². The molecule has 2 aromatic heterocycles. The first kappa shape index (κ1) is 41.6. The third-order valence-corrected chi connectivity index (χ3v) is 11.4. The van der Waals surface area contributed by atoms with Gasteiger partial charge in [-0.25, -0.2) is 19.2 Å². The van der Waals surface area contributed by atoms with Crippen molar-refractivity contribution in [2.45, 2.75) is 65.5 Å². The van der Waals surface area contributed by atoms with Crippen molar-refractivity contribution >= 4 is 33.3 Å². The summed E-state index contributed by atoms with van der Waals surface area (Å²) in [5.41, 5.74) is 4.88. The molecule has 5 aromatic rings. The molecule has 2 aliphatic heterocycles. The van der Waals surface area contributed by atoms with E-state index in [4.69, 9.17) is 9.94 Å². The number of piperidine rings is 1. The van der Waals surface area contributed by atoms with Crippen molar-refractivity contribution < 1.29 is 51.4 Å². The van der Waals surface area contributed by atoms with Gasteiger partial charge in [0.05, 0.1) is 22.9 Å². The normalized spacial score (nSPS) is 16.8. The van der Waals surface area contributed by atoms with Crippen molar-refractivity contribution in [1.29, 1.82) is 5.26 Å².